The Bertz CT molecular complexity index is 294. The lowest BCUT2D eigenvalue weighted by molar-refractivity contribution is 0.234. The molecule has 0 aromatic carbocycles. The fraction of sp³-hybridized carbons (Fsp3) is 0.600. The van der Waals surface area contributed by atoms with Gasteiger partial charge in [-0.3, -0.25) is 0 Å². The van der Waals surface area contributed by atoms with Crippen molar-refractivity contribution >= 4 is 6.03 Å². The van der Waals surface area contributed by atoms with E-state index in [1.807, 2.05) is 20.8 Å². The van der Waals surface area contributed by atoms with E-state index in [2.05, 4.69) is 20.6 Å². The molecule has 3 N–H and O–H groups in total. The van der Waals surface area contributed by atoms with E-state index in [0.717, 1.165) is 12.2 Å². The molecule has 0 bridgehead atoms. The van der Waals surface area contributed by atoms with Gasteiger partial charge in [-0.1, -0.05) is 6.92 Å². The van der Waals surface area contributed by atoms with Crippen molar-refractivity contribution in [2.45, 2.75) is 39.3 Å². The Kier molecular flexibility index (Phi) is 4.15. The van der Waals surface area contributed by atoms with Crippen molar-refractivity contribution < 1.29 is 4.79 Å². The van der Waals surface area contributed by atoms with Crippen molar-refractivity contribution in [1.29, 1.82) is 0 Å². The van der Waals surface area contributed by atoms with Crippen LogP contribution in [-0.2, 0) is 0 Å². The minimum atomic E-state index is -0.159. The first-order chi connectivity index (χ1) is 7.13. The Morgan fingerprint density at radius 3 is 2.73 bits per heavy atom. The van der Waals surface area contributed by atoms with Gasteiger partial charge in [-0.2, -0.15) is 0 Å². The van der Waals surface area contributed by atoms with E-state index in [1.165, 1.54) is 0 Å². The first kappa shape index (κ1) is 11.6. The minimum Gasteiger partial charge on any atom is -0.347 e. The Labute approximate surface area is 89.7 Å². The van der Waals surface area contributed by atoms with E-state index in [-0.39, 0.29) is 18.1 Å². The molecule has 0 saturated heterocycles. The number of amides is 2. The second-order valence-electron chi connectivity index (χ2n) is 3.71. The van der Waals surface area contributed by atoms with E-state index in [9.17, 15) is 4.79 Å². The molecule has 1 heterocycles. The highest BCUT2D eigenvalue weighted by Crippen LogP contribution is 2.10. The lowest BCUT2D eigenvalue weighted by Gasteiger charge is -2.16. The summed E-state index contributed by atoms with van der Waals surface area (Å²) >= 11 is 0. The summed E-state index contributed by atoms with van der Waals surface area (Å²) in [6.45, 7) is 5.85. The quantitative estimate of drug-likeness (QED) is 0.706. The van der Waals surface area contributed by atoms with Gasteiger partial charge in [0.1, 0.15) is 5.82 Å². The molecule has 1 atom stereocenters. The van der Waals surface area contributed by atoms with Gasteiger partial charge < -0.3 is 15.6 Å². The molecule has 0 saturated carbocycles. The van der Waals surface area contributed by atoms with Crippen LogP contribution in [0.4, 0.5) is 4.79 Å². The second kappa shape index (κ2) is 5.38. The third-order valence-corrected chi connectivity index (χ3v) is 1.98. The molecule has 0 aliphatic rings. The summed E-state index contributed by atoms with van der Waals surface area (Å²) < 4.78 is 0. The molecule has 1 aromatic rings. The van der Waals surface area contributed by atoms with E-state index >= 15 is 0 Å². The van der Waals surface area contributed by atoms with Crippen LogP contribution in [0.3, 0.4) is 0 Å². The van der Waals surface area contributed by atoms with Crippen LogP contribution in [-0.4, -0.2) is 22.0 Å². The molecular weight excluding hydrogens is 192 g/mol. The first-order valence-electron chi connectivity index (χ1n) is 5.19. The van der Waals surface area contributed by atoms with Gasteiger partial charge >= 0.3 is 6.03 Å². The standard InChI is InChI=1S/C10H18N4O/c1-4-8(9-11-5-6-12-9)14-10(15)13-7(2)3/h5-8H,4H2,1-3H3,(H,11,12)(H2,13,14,15). The summed E-state index contributed by atoms with van der Waals surface area (Å²) in [6.07, 6.45) is 4.24. The van der Waals surface area contributed by atoms with Crippen LogP contribution in [0.15, 0.2) is 12.4 Å². The van der Waals surface area contributed by atoms with Crippen LogP contribution in [0.1, 0.15) is 39.1 Å². The van der Waals surface area contributed by atoms with Gasteiger partial charge in [0, 0.05) is 18.4 Å². The molecule has 2 amide bonds. The molecule has 1 unspecified atom stereocenters. The maximum atomic E-state index is 11.5. The highest BCUT2D eigenvalue weighted by molar-refractivity contribution is 5.74. The Hall–Kier alpha value is -1.52. The summed E-state index contributed by atoms with van der Waals surface area (Å²) in [5.41, 5.74) is 0. The molecule has 0 fully saturated rings. The Morgan fingerprint density at radius 1 is 1.53 bits per heavy atom. The van der Waals surface area contributed by atoms with Crippen LogP contribution >= 0.6 is 0 Å². The predicted octanol–water partition coefficient (Wildman–Crippen LogP) is 1.57. The Balaban J connectivity index is 2.51. The van der Waals surface area contributed by atoms with E-state index in [4.69, 9.17) is 0 Å². The van der Waals surface area contributed by atoms with Gasteiger partial charge in [0.15, 0.2) is 0 Å². The number of carbonyl (C=O) groups is 1. The molecule has 0 aliphatic heterocycles. The second-order valence-corrected chi connectivity index (χ2v) is 3.71. The number of nitrogens with one attached hydrogen (secondary N) is 3. The lowest BCUT2D eigenvalue weighted by Crippen LogP contribution is -2.41. The van der Waals surface area contributed by atoms with Crippen molar-refractivity contribution in [3.63, 3.8) is 0 Å². The number of carbonyl (C=O) groups excluding carboxylic acids is 1. The SMILES string of the molecule is CCC(NC(=O)NC(C)C)c1ncc[nH]1. The third-order valence-electron chi connectivity index (χ3n) is 1.98. The topological polar surface area (TPSA) is 69.8 Å². The van der Waals surface area contributed by atoms with Gasteiger partial charge in [0.25, 0.3) is 0 Å². The number of hydrogen-bond donors (Lipinski definition) is 3. The summed E-state index contributed by atoms with van der Waals surface area (Å²) in [5.74, 6) is 0.788. The van der Waals surface area contributed by atoms with Crippen molar-refractivity contribution in [2.24, 2.45) is 0 Å². The van der Waals surface area contributed by atoms with Crippen molar-refractivity contribution in [3.05, 3.63) is 18.2 Å². The monoisotopic (exact) mass is 210 g/mol. The number of H-pyrrole nitrogens is 1. The number of aromatic amines is 1. The number of imidazole rings is 1. The molecule has 5 heteroatoms. The smallest absolute Gasteiger partial charge is 0.315 e. The van der Waals surface area contributed by atoms with Crippen molar-refractivity contribution in [2.75, 3.05) is 0 Å². The van der Waals surface area contributed by atoms with Gasteiger partial charge in [0.2, 0.25) is 0 Å². The molecule has 0 radical (unpaired) electrons. The zero-order chi connectivity index (χ0) is 11.3. The minimum absolute atomic E-state index is 0.0567. The van der Waals surface area contributed by atoms with Crippen molar-refractivity contribution in [3.8, 4) is 0 Å². The highest BCUT2D eigenvalue weighted by atomic mass is 16.2. The summed E-state index contributed by atoms with van der Waals surface area (Å²) in [5, 5.41) is 5.63. The maximum absolute atomic E-state index is 11.5. The normalized spacial score (nSPS) is 12.5. The average Bonchev–Trinajstić information content (AvgIpc) is 2.65. The zero-order valence-corrected chi connectivity index (χ0v) is 9.37. The van der Waals surface area contributed by atoms with Crippen LogP contribution in [0.2, 0.25) is 0 Å². The highest BCUT2D eigenvalue weighted by Gasteiger charge is 2.14. The van der Waals surface area contributed by atoms with Crippen LogP contribution in [0, 0.1) is 0 Å². The number of urea groups is 1. The fourth-order valence-corrected chi connectivity index (χ4v) is 1.29. The largest absolute Gasteiger partial charge is 0.347 e. The van der Waals surface area contributed by atoms with Gasteiger partial charge in [-0.15, -0.1) is 0 Å². The number of nitrogens with zero attached hydrogens (tertiary/aromatic N) is 1. The van der Waals surface area contributed by atoms with Crippen LogP contribution in [0.25, 0.3) is 0 Å². The summed E-state index contributed by atoms with van der Waals surface area (Å²) in [4.78, 5) is 18.6. The maximum Gasteiger partial charge on any atom is 0.315 e. The van der Waals surface area contributed by atoms with Gasteiger partial charge in [0.05, 0.1) is 6.04 Å². The molecule has 0 spiro atoms. The van der Waals surface area contributed by atoms with Crippen molar-refractivity contribution in [1.82, 2.24) is 20.6 Å². The van der Waals surface area contributed by atoms with Gasteiger partial charge in [-0.05, 0) is 20.3 Å². The number of aromatic nitrogens is 2. The van der Waals surface area contributed by atoms with E-state index in [0.29, 0.717) is 0 Å². The Morgan fingerprint density at radius 2 is 2.27 bits per heavy atom. The van der Waals surface area contributed by atoms with E-state index in [1.54, 1.807) is 12.4 Å². The molecule has 84 valence electrons. The van der Waals surface area contributed by atoms with Gasteiger partial charge in [-0.25, -0.2) is 9.78 Å². The van der Waals surface area contributed by atoms with Crippen LogP contribution < -0.4 is 10.6 Å². The van der Waals surface area contributed by atoms with Crippen LogP contribution in [0.5, 0.6) is 0 Å². The van der Waals surface area contributed by atoms with E-state index < -0.39 is 0 Å². The first-order valence-corrected chi connectivity index (χ1v) is 5.19. The molecule has 15 heavy (non-hydrogen) atoms. The number of rotatable bonds is 4. The third kappa shape index (κ3) is 3.61. The molecule has 0 aliphatic carbocycles. The summed E-state index contributed by atoms with van der Waals surface area (Å²) in [6, 6.07) is -0.0777. The fourth-order valence-electron chi connectivity index (χ4n) is 1.29. The average molecular weight is 210 g/mol. The molecule has 1 aromatic heterocycles. The summed E-state index contributed by atoms with van der Waals surface area (Å²) in [7, 11) is 0. The molecule has 5 nitrogen and oxygen atoms in total. The number of hydrogen-bond acceptors (Lipinski definition) is 2. The zero-order valence-electron chi connectivity index (χ0n) is 9.37. The predicted molar refractivity (Wildman–Crippen MR) is 58.4 cm³/mol. The lowest BCUT2D eigenvalue weighted by atomic mass is 10.2. The molecule has 1 rings (SSSR count). The molecular formula is C10H18N4O.